The Morgan fingerprint density at radius 3 is 2.19 bits per heavy atom. The van der Waals surface area contributed by atoms with Gasteiger partial charge in [0.1, 0.15) is 23.9 Å². The van der Waals surface area contributed by atoms with E-state index >= 15 is 4.39 Å². The average Bonchev–Trinajstić information content (AvgIpc) is 3.84. The van der Waals surface area contributed by atoms with Gasteiger partial charge in [-0.3, -0.25) is 24.4 Å². The van der Waals surface area contributed by atoms with Crippen LogP contribution < -0.4 is 24.8 Å². The molecule has 14 heteroatoms. The molecule has 12 nitrogen and oxygen atoms in total. The van der Waals surface area contributed by atoms with Crippen LogP contribution in [0.2, 0.25) is 5.02 Å². The summed E-state index contributed by atoms with van der Waals surface area (Å²) < 4.78 is 34.1. The molecule has 4 aromatic rings. The molecule has 52 heavy (non-hydrogen) atoms. The van der Waals surface area contributed by atoms with E-state index in [1.165, 1.54) is 0 Å². The van der Waals surface area contributed by atoms with Gasteiger partial charge in [0.25, 0.3) is 0 Å². The molecule has 5 aliphatic heterocycles. The molecule has 4 saturated heterocycles. The molecule has 268 valence electrons. The van der Waals surface area contributed by atoms with Crippen molar-refractivity contribution in [1.82, 2.24) is 35.4 Å². The van der Waals surface area contributed by atoms with E-state index in [9.17, 15) is 9.59 Å². The third-order valence-corrected chi connectivity index (χ3v) is 11.5. The van der Waals surface area contributed by atoms with E-state index in [4.69, 9.17) is 35.8 Å². The minimum absolute atomic E-state index is 0.0767. The fraction of sp³-hybridized carbons (Fsp3) is 0.395. The molecule has 9 rings (SSSR count). The summed E-state index contributed by atoms with van der Waals surface area (Å²) in [5.41, 5.74) is 3.73. The fourth-order valence-electron chi connectivity index (χ4n) is 8.55. The van der Waals surface area contributed by atoms with Crippen molar-refractivity contribution in [2.24, 2.45) is 0 Å². The first kappa shape index (κ1) is 33.0. The molecule has 0 saturated carbocycles. The van der Waals surface area contributed by atoms with E-state index in [0.29, 0.717) is 82.3 Å². The number of amides is 2. The highest BCUT2D eigenvalue weighted by Gasteiger charge is 2.52. The maximum atomic E-state index is 16.6. The number of nitrogens with one attached hydrogen (secondary N) is 2. The molecule has 0 bridgehead atoms. The van der Waals surface area contributed by atoms with Gasteiger partial charge in [0.15, 0.2) is 0 Å². The number of hydrogen-bond donors (Lipinski definition) is 2. The number of rotatable bonds is 8. The predicted molar refractivity (Wildman–Crippen MR) is 190 cm³/mol. The van der Waals surface area contributed by atoms with Crippen molar-refractivity contribution in [3.05, 3.63) is 70.8 Å². The Balaban J connectivity index is 0.973. The lowest BCUT2D eigenvalue weighted by Gasteiger charge is -2.50. The van der Waals surface area contributed by atoms with Crippen LogP contribution >= 0.6 is 11.6 Å². The quantitative estimate of drug-likeness (QED) is 0.267. The van der Waals surface area contributed by atoms with Gasteiger partial charge in [-0.05, 0) is 18.9 Å². The van der Waals surface area contributed by atoms with Gasteiger partial charge in [-0.15, -0.1) is 0 Å². The van der Waals surface area contributed by atoms with Gasteiger partial charge in [0.2, 0.25) is 23.6 Å². The number of methoxy groups -OCH3 is 2. The molecule has 2 amide bonds. The summed E-state index contributed by atoms with van der Waals surface area (Å²) in [5, 5.41) is 6.55. The first-order valence-corrected chi connectivity index (χ1v) is 17.8. The monoisotopic (exact) mass is 725 g/mol. The summed E-state index contributed by atoms with van der Waals surface area (Å²) in [6.45, 7) is 3.93. The van der Waals surface area contributed by atoms with Crippen molar-refractivity contribution in [2.75, 3.05) is 47.0 Å². The number of aromatic nitrogens is 3. The van der Waals surface area contributed by atoms with Crippen molar-refractivity contribution in [3.63, 3.8) is 0 Å². The molecule has 4 fully saturated rings. The van der Waals surface area contributed by atoms with Gasteiger partial charge in [0, 0.05) is 73.9 Å². The zero-order valence-corrected chi connectivity index (χ0v) is 29.6. The zero-order chi connectivity index (χ0) is 35.8. The Kier molecular flexibility index (Phi) is 7.86. The molecule has 0 unspecified atom stereocenters. The first-order valence-electron chi connectivity index (χ1n) is 17.5. The fourth-order valence-corrected chi connectivity index (χ4v) is 8.87. The van der Waals surface area contributed by atoms with Crippen LogP contribution in [0.3, 0.4) is 0 Å². The highest BCUT2D eigenvalue weighted by Crippen LogP contribution is 2.48. The SMILES string of the molecule is COc1nc(-c2cccc(-c3cccc(-c4cc5c(c(OC)n4)[C@@H](N4CC6(CCC(=O)N6)C4)CO5)c3F)c2Cl)cnc1CN1CC2(CCC(=O)N2)C1. The van der Waals surface area contributed by atoms with Gasteiger partial charge < -0.3 is 24.8 Å². The van der Waals surface area contributed by atoms with E-state index in [1.54, 1.807) is 50.7 Å². The molecule has 7 heterocycles. The Morgan fingerprint density at radius 1 is 0.885 bits per heavy atom. The summed E-state index contributed by atoms with van der Waals surface area (Å²) in [7, 11) is 3.10. The van der Waals surface area contributed by atoms with E-state index in [0.717, 1.165) is 44.6 Å². The number of benzene rings is 2. The molecule has 0 radical (unpaired) electrons. The maximum absolute atomic E-state index is 16.6. The number of hydrogen-bond acceptors (Lipinski definition) is 10. The van der Waals surface area contributed by atoms with Crippen LogP contribution in [0.1, 0.15) is 43.0 Å². The minimum atomic E-state index is -0.489. The van der Waals surface area contributed by atoms with Gasteiger partial charge >= 0.3 is 0 Å². The van der Waals surface area contributed by atoms with Gasteiger partial charge in [-0.25, -0.2) is 14.4 Å². The second-order valence-electron chi connectivity index (χ2n) is 14.5. The third-order valence-electron chi connectivity index (χ3n) is 11.1. The lowest BCUT2D eigenvalue weighted by atomic mass is 9.86. The summed E-state index contributed by atoms with van der Waals surface area (Å²) in [6, 6.07) is 12.2. The lowest BCUT2D eigenvalue weighted by Crippen LogP contribution is -2.67. The number of halogens is 2. The number of carbonyl (C=O) groups is 2. The smallest absolute Gasteiger partial charge is 0.237 e. The molecule has 2 aromatic carbocycles. The number of nitrogens with zero attached hydrogens (tertiary/aromatic N) is 5. The normalized spacial score (nSPS) is 21.3. The van der Waals surface area contributed by atoms with Gasteiger partial charge in [0.05, 0.1) is 59.5 Å². The summed E-state index contributed by atoms with van der Waals surface area (Å²) in [6.07, 6.45) is 4.45. The first-order chi connectivity index (χ1) is 25.2. The minimum Gasteiger partial charge on any atom is -0.491 e. The van der Waals surface area contributed by atoms with Crippen LogP contribution in [-0.2, 0) is 16.1 Å². The largest absolute Gasteiger partial charge is 0.491 e. The molecule has 2 N–H and O–H groups in total. The molecule has 5 aliphatic rings. The Bertz CT molecular complexity index is 2140. The van der Waals surface area contributed by atoms with E-state index < -0.39 is 5.82 Å². The van der Waals surface area contributed by atoms with Crippen molar-refractivity contribution in [1.29, 1.82) is 0 Å². The highest BCUT2D eigenvalue weighted by molar-refractivity contribution is 6.36. The van der Waals surface area contributed by atoms with Crippen molar-refractivity contribution in [3.8, 4) is 51.2 Å². The van der Waals surface area contributed by atoms with Crippen LogP contribution in [0.4, 0.5) is 4.39 Å². The van der Waals surface area contributed by atoms with E-state index in [2.05, 4.69) is 25.4 Å². The van der Waals surface area contributed by atoms with Crippen molar-refractivity contribution < 1.29 is 28.2 Å². The van der Waals surface area contributed by atoms with Crippen molar-refractivity contribution >= 4 is 23.4 Å². The maximum Gasteiger partial charge on any atom is 0.237 e. The Morgan fingerprint density at radius 2 is 1.52 bits per heavy atom. The van der Waals surface area contributed by atoms with Crippen LogP contribution in [0.15, 0.2) is 48.7 Å². The van der Waals surface area contributed by atoms with Gasteiger partial charge in [-0.2, -0.15) is 0 Å². The Hall–Kier alpha value is -4.85. The number of fused-ring (bicyclic) bond motifs is 1. The molecule has 2 aromatic heterocycles. The summed E-state index contributed by atoms with van der Waals surface area (Å²) >= 11 is 7.02. The second-order valence-corrected chi connectivity index (χ2v) is 14.9. The van der Waals surface area contributed by atoms with Crippen LogP contribution in [0.25, 0.3) is 33.6 Å². The third kappa shape index (κ3) is 5.44. The standard InChI is InChI=1S/C38H37ClFN7O5/c1-50-35-27(15-46-17-37(18-46)11-9-30(48)44-37)41-14-26(43-35)23-7-3-5-21(33(23)39)22-6-4-8-24(34(22)40)25-13-29-32(36(42-25)51-2)28(16-52-29)47-19-38(20-47)12-10-31(49)45-38/h3-8,13-14,28H,9-12,15-20H2,1-2H3,(H,44,48)(H,45,49)/t28-/m0/s1. The van der Waals surface area contributed by atoms with Crippen LogP contribution in [-0.4, -0.2) is 94.6 Å². The summed E-state index contributed by atoms with van der Waals surface area (Å²) in [4.78, 5) is 42.3. The summed E-state index contributed by atoms with van der Waals surface area (Å²) in [5.74, 6) is 1.07. The molecule has 0 aliphatic carbocycles. The van der Waals surface area contributed by atoms with E-state index in [-0.39, 0.29) is 34.5 Å². The number of ether oxygens (including phenoxy) is 3. The average molecular weight is 726 g/mol. The zero-order valence-electron chi connectivity index (χ0n) is 28.8. The number of carbonyl (C=O) groups excluding carboxylic acids is 2. The van der Waals surface area contributed by atoms with Crippen LogP contribution in [0.5, 0.6) is 17.5 Å². The van der Waals surface area contributed by atoms with E-state index in [1.807, 2.05) is 12.1 Å². The molecule has 2 spiro atoms. The highest BCUT2D eigenvalue weighted by atomic mass is 35.5. The molecular weight excluding hydrogens is 689 g/mol. The van der Waals surface area contributed by atoms with Crippen LogP contribution in [0, 0.1) is 5.82 Å². The topological polar surface area (TPSA) is 131 Å². The number of likely N-dealkylation sites (tertiary alicyclic amines) is 2. The predicted octanol–water partition coefficient (Wildman–Crippen LogP) is 4.54. The molecular formula is C38H37ClFN7O5. The van der Waals surface area contributed by atoms with Gasteiger partial charge in [-0.1, -0.05) is 41.9 Å². The molecule has 1 atom stereocenters. The van der Waals surface area contributed by atoms with Crippen molar-refractivity contribution in [2.45, 2.75) is 49.3 Å². The Labute approximate surface area is 304 Å². The lowest BCUT2D eigenvalue weighted by molar-refractivity contribution is -0.121. The second kappa shape index (κ2) is 12.4. The number of pyridine rings is 1.